The van der Waals surface area contributed by atoms with Crippen LogP contribution in [0.3, 0.4) is 0 Å². The van der Waals surface area contributed by atoms with Crippen molar-refractivity contribution in [2.24, 2.45) is 7.05 Å². The molecule has 1 atom stereocenters. The third-order valence-electron chi connectivity index (χ3n) is 6.19. The van der Waals surface area contributed by atoms with Crippen LogP contribution in [0, 0.1) is 13.8 Å². The highest BCUT2D eigenvalue weighted by atomic mass is 32.1. The molecule has 0 saturated carbocycles. The number of aromatic nitrogens is 2. The summed E-state index contributed by atoms with van der Waals surface area (Å²) in [5.41, 5.74) is 6.93. The molecular formula is C26H23N3O3S. The van der Waals surface area contributed by atoms with Gasteiger partial charge in [0, 0.05) is 41.4 Å². The number of fused-ring (bicyclic) bond motifs is 1. The zero-order valence-electron chi connectivity index (χ0n) is 18.6. The number of benzene rings is 2. The van der Waals surface area contributed by atoms with Crippen LogP contribution in [0.5, 0.6) is 0 Å². The summed E-state index contributed by atoms with van der Waals surface area (Å²) in [5.74, 6) is -0.620. The molecule has 1 amide bonds. The number of amides is 1. The summed E-state index contributed by atoms with van der Waals surface area (Å²) in [6, 6.07) is 16.8. The van der Waals surface area contributed by atoms with Crippen LogP contribution in [0.2, 0.25) is 0 Å². The van der Waals surface area contributed by atoms with Crippen molar-refractivity contribution in [3.05, 3.63) is 93.6 Å². The number of thiazole rings is 1. The van der Waals surface area contributed by atoms with Crippen LogP contribution >= 0.6 is 11.3 Å². The van der Waals surface area contributed by atoms with Crippen molar-refractivity contribution in [1.29, 1.82) is 0 Å². The molecule has 1 aliphatic heterocycles. The third-order valence-corrected chi connectivity index (χ3v) is 6.95. The van der Waals surface area contributed by atoms with E-state index in [2.05, 4.69) is 34.8 Å². The van der Waals surface area contributed by atoms with E-state index < -0.39 is 0 Å². The standard InChI is InChI=1S/C26H23N3O3S/c1-15-11-21(16(2)29(15)3)22-14-33-26(27-22)28-24(30)18-9-10-20-19(12-18)13-23(32-25(20)31)17-7-5-4-6-8-17/h4-12,14,23H,13H2,1-3H3,(H,27,28,30)/t23-/m0/s1. The highest BCUT2D eigenvalue weighted by Crippen LogP contribution is 2.32. The Morgan fingerprint density at radius 2 is 1.91 bits per heavy atom. The molecule has 0 radical (unpaired) electrons. The lowest BCUT2D eigenvalue weighted by Crippen LogP contribution is -2.23. The lowest BCUT2D eigenvalue weighted by Gasteiger charge is -2.25. The molecule has 0 fully saturated rings. The van der Waals surface area contributed by atoms with E-state index in [0.717, 1.165) is 33.8 Å². The number of aryl methyl sites for hydroxylation is 1. The predicted octanol–water partition coefficient (Wildman–Crippen LogP) is 5.47. The Morgan fingerprint density at radius 3 is 2.64 bits per heavy atom. The van der Waals surface area contributed by atoms with E-state index in [1.54, 1.807) is 18.2 Å². The molecule has 0 bridgehead atoms. The molecule has 1 N–H and O–H groups in total. The van der Waals surface area contributed by atoms with E-state index in [9.17, 15) is 9.59 Å². The second kappa shape index (κ2) is 8.33. The molecule has 2 aromatic carbocycles. The van der Waals surface area contributed by atoms with Crippen LogP contribution in [0.15, 0.2) is 60.0 Å². The number of nitrogens with one attached hydrogen (secondary N) is 1. The van der Waals surface area contributed by atoms with Crippen LogP contribution in [-0.2, 0) is 18.2 Å². The Morgan fingerprint density at radius 1 is 1.12 bits per heavy atom. The van der Waals surface area contributed by atoms with E-state index >= 15 is 0 Å². The van der Waals surface area contributed by atoms with Gasteiger partial charge in [0.1, 0.15) is 6.10 Å². The quantitative estimate of drug-likeness (QED) is 0.412. The van der Waals surface area contributed by atoms with E-state index in [4.69, 9.17) is 4.74 Å². The van der Waals surface area contributed by atoms with Gasteiger partial charge in [-0.2, -0.15) is 0 Å². The Hall–Kier alpha value is -3.71. The molecule has 4 aromatic rings. The summed E-state index contributed by atoms with van der Waals surface area (Å²) in [6.07, 6.45) is 0.170. The number of cyclic esters (lactones) is 1. The molecule has 5 rings (SSSR count). The molecule has 2 aromatic heterocycles. The number of esters is 1. The zero-order chi connectivity index (χ0) is 23.1. The minimum atomic E-state index is -0.366. The van der Waals surface area contributed by atoms with E-state index in [-0.39, 0.29) is 18.0 Å². The van der Waals surface area contributed by atoms with Crippen molar-refractivity contribution in [2.75, 3.05) is 5.32 Å². The van der Waals surface area contributed by atoms with Crippen LogP contribution in [0.25, 0.3) is 11.3 Å². The lowest BCUT2D eigenvalue weighted by molar-refractivity contribution is 0.0252. The summed E-state index contributed by atoms with van der Waals surface area (Å²) >= 11 is 1.39. The first-order valence-electron chi connectivity index (χ1n) is 10.7. The molecular weight excluding hydrogens is 434 g/mol. The van der Waals surface area contributed by atoms with Crippen molar-refractivity contribution in [1.82, 2.24) is 9.55 Å². The summed E-state index contributed by atoms with van der Waals surface area (Å²) in [7, 11) is 2.03. The van der Waals surface area contributed by atoms with Crippen LogP contribution < -0.4 is 5.32 Å². The summed E-state index contributed by atoms with van der Waals surface area (Å²) in [4.78, 5) is 30.0. The van der Waals surface area contributed by atoms with Gasteiger partial charge in [0.2, 0.25) is 0 Å². The van der Waals surface area contributed by atoms with Gasteiger partial charge in [0.05, 0.1) is 11.3 Å². The molecule has 33 heavy (non-hydrogen) atoms. The first-order chi connectivity index (χ1) is 15.9. The molecule has 7 heteroatoms. The van der Waals surface area contributed by atoms with Crippen LogP contribution in [0.4, 0.5) is 5.13 Å². The van der Waals surface area contributed by atoms with Crippen LogP contribution in [-0.4, -0.2) is 21.4 Å². The SMILES string of the molecule is Cc1cc(-c2csc(NC(=O)c3ccc4c(c3)C[C@@H](c3ccccc3)OC4=O)n2)c(C)n1C. The second-order valence-electron chi connectivity index (χ2n) is 8.22. The maximum Gasteiger partial charge on any atom is 0.339 e. The van der Waals surface area contributed by atoms with Gasteiger partial charge in [-0.25, -0.2) is 9.78 Å². The smallest absolute Gasteiger partial charge is 0.339 e. The monoisotopic (exact) mass is 457 g/mol. The average Bonchev–Trinajstić information content (AvgIpc) is 3.39. The molecule has 0 spiro atoms. The van der Waals surface area contributed by atoms with Crippen molar-refractivity contribution in [3.63, 3.8) is 0 Å². The molecule has 0 unspecified atom stereocenters. The molecule has 166 valence electrons. The van der Waals surface area contributed by atoms with Gasteiger partial charge in [-0.15, -0.1) is 11.3 Å². The maximum absolute atomic E-state index is 12.9. The largest absolute Gasteiger partial charge is 0.454 e. The fourth-order valence-corrected chi connectivity index (χ4v) is 4.84. The van der Waals surface area contributed by atoms with E-state index in [1.165, 1.54) is 11.3 Å². The van der Waals surface area contributed by atoms with Gasteiger partial charge >= 0.3 is 5.97 Å². The van der Waals surface area contributed by atoms with Gasteiger partial charge in [-0.3, -0.25) is 10.1 Å². The second-order valence-corrected chi connectivity index (χ2v) is 9.07. The van der Waals surface area contributed by atoms with Gasteiger partial charge < -0.3 is 9.30 Å². The summed E-state index contributed by atoms with van der Waals surface area (Å²) in [5, 5.41) is 5.38. The fraction of sp³-hybridized carbons (Fsp3) is 0.192. The van der Waals surface area contributed by atoms with Crippen molar-refractivity contribution in [2.45, 2.75) is 26.4 Å². The topological polar surface area (TPSA) is 73.2 Å². The average molecular weight is 458 g/mol. The van der Waals surface area contributed by atoms with Gasteiger partial charge in [0.15, 0.2) is 5.13 Å². The van der Waals surface area contributed by atoms with Gasteiger partial charge in [0.25, 0.3) is 5.91 Å². The molecule has 1 aliphatic rings. The van der Waals surface area contributed by atoms with Crippen molar-refractivity contribution in [3.8, 4) is 11.3 Å². The molecule has 3 heterocycles. The van der Waals surface area contributed by atoms with E-state index in [1.807, 2.05) is 42.8 Å². The minimum absolute atomic E-state index is 0.255. The third kappa shape index (κ3) is 3.96. The van der Waals surface area contributed by atoms with E-state index in [0.29, 0.717) is 22.7 Å². The Kier molecular flexibility index (Phi) is 5.34. The first kappa shape index (κ1) is 21.2. The number of hydrogen-bond acceptors (Lipinski definition) is 5. The minimum Gasteiger partial charge on any atom is -0.454 e. The van der Waals surface area contributed by atoms with Crippen LogP contribution in [0.1, 0.15) is 49.3 Å². The number of nitrogens with zero attached hydrogens (tertiary/aromatic N) is 2. The molecule has 0 aliphatic carbocycles. The maximum atomic E-state index is 12.9. The number of ether oxygens (including phenoxy) is 1. The van der Waals surface area contributed by atoms with Crippen molar-refractivity contribution < 1.29 is 14.3 Å². The Bertz CT molecular complexity index is 1370. The van der Waals surface area contributed by atoms with Crippen molar-refractivity contribution >= 4 is 28.3 Å². The Balaban J connectivity index is 1.36. The number of rotatable bonds is 4. The number of anilines is 1. The number of carbonyl (C=O) groups is 2. The highest BCUT2D eigenvalue weighted by Gasteiger charge is 2.28. The first-order valence-corrected chi connectivity index (χ1v) is 11.6. The normalized spacial score (nSPS) is 15.1. The van der Waals surface area contributed by atoms with Gasteiger partial charge in [-0.1, -0.05) is 30.3 Å². The summed E-state index contributed by atoms with van der Waals surface area (Å²) in [6.45, 7) is 4.11. The number of hydrogen-bond donors (Lipinski definition) is 1. The van der Waals surface area contributed by atoms with Gasteiger partial charge in [-0.05, 0) is 49.2 Å². The fourth-order valence-electron chi connectivity index (χ4n) is 4.13. The zero-order valence-corrected chi connectivity index (χ0v) is 19.4. The predicted molar refractivity (Wildman–Crippen MR) is 129 cm³/mol. The highest BCUT2D eigenvalue weighted by molar-refractivity contribution is 7.14. The molecule has 0 saturated heterocycles. The lowest BCUT2D eigenvalue weighted by atomic mass is 9.93. The Labute approximate surface area is 195 Å². The summed E-state index contributed by atoms with van der Waals surface area (Å²) < 4.78 is 7.73. The number of carbonyl (C=O) groups excluding carboxylic acids is 2. The molecule has 6 nitrogen and oxygen atoms in total.